The van der Waals surface area contributed by atoms with Crippen molar-refractivity contribution in [1.82, 2.24) is 59.8 Å². The number of nitrogens with two attached hydrogens (primary N) is 1. The number of amides is 3. The number of anilines is 12. The average molecular weight is 1360 g/mol. The lowest BCUT2D eigenvalue weighted by Crippen LogP contribution is -2.21. The lowest BCUT2D eigenvalue weighted by Gasteiger charge is -2.12. The van der Waals surface area contributed by atoms with Crippen molar-refractivity contribution in [1.29, 1.82) is 0 Å². The molecule has 0 saturated carbocycles. The summed E-state index contributed by atoms with van der Waals surface area (Å²) in [5.41, 5.74) is 10.2. The maximum atomic E-state index is 12.8. The Morgan fingerprint density at radius 3 is 1.12 bits per heavy atom. The molecule has 0 radical (unpaired) electrons. The van der Waals surface area contributed by atoms with Crippen LogP contribution in [0, 0.1) is 0 Å². The average Bonchev–Trinajstić information content (AvgIpc) is 0.931. The van der Waals surface area contributed by atoms with Crippen LogP contribution in [0.1, 0.15) is 38.9 Å². The number of carbonyl (C=O) groups excluding carboxylic acids is 3. The van der Waals surface area contributed by atoms with E-state index in [1.54, 1.807) is 47.7 Å². The predicted molar refractivity (Wildman–Crippen MR) is 362 cm³/mol. The molecule has 11 aromatic rings. The van der Waals surface area contributed by atoms with E-state index in [1.165, 1.54) is 61.8 Å². The van der Waals surface area contributed by atoms with Crippen LogP contribution in [-0.2, 0) is 0 Å². The van der Waals surface area contributed by atoms with Gasteiger partial charge in [-0.25, -0.2) is 54.8 Å². The fraction of sp³-hybridized carbons (Fsp3) is 0.123. The molecule has 0 atom stereocenters. The van der Waals surface area contributed by atoms with Crippen LogP contribution < -0.4 is 71.4 Å². The Morgan fingerprint density at radius 2 is 0.755 bits per heavy atom. The van der Waals surface area contributed by atoms with Crippen molar-refractivity contribution in [3.8, 4) is 34.6 Å². The molecule has 11 rings (SSSR count). The standard InChI is InChI=1S/2C23H21N7O3.C11H7ClF3N5O2.C7H9NO.CH4/c2*1-32-17-7-3-15(4-8-17)27-21-20(13-24-14-26-21)29-22(31)19-11-12-25-23(30-19)28-16-5-9-18(33-2)10-6-16;12-10-17-2-1-6(20-10)8(21)19-7-3-16-5-18-9(7)22-4-11(13,14)15;1-9-7-4-2-6(8)3-5-7;/h2*3-14H,1-2H3,(H,29,31)(H,24,26,27)(H,25,28,30);1-3,5H,4H2,(H,19,21);2-5H,8H2,1H3;1H4. The van der Waals surface area contributed by atoms with E-state index in [2.05, 4.69) is 102 Å². The van der Waals surface area contributed by atoms with Crippen molar-refractivity contribution in [2.75, 3.05) is 85.1 Å². The van der Waals surface area contributed by atoms with Crippen molar-refractivity contribution in [2.45, 2.75) is 13.6 Å². The van der Waals surface area contributed by atoms with Gasteiger partial charge in [-0.2, -0.15) is 18.2 Å². The van der Waals surface area contributed by atoms with Crippen LogP contribution in [0.15, 0.2) is 196 Å². The second-order valence-electron chi connectivity index (χ2n) is 19.0. The first-order valence-electron chi connectivity index (χ1n) is 28.2. The summed E-state index contributed by atoms with van der Waals surface area (Å²) >= 11 is 5.55. The number of hydrogen-bond acceptors (Lipinski definition) is 26. The second kappa shape index (κ2) is 36.4. The molecule has 0 saturated heterocycles. The molecule has 0 spiro atoms. The largest absolute Gasteiger partial charge is 0.497 e. The van der Waals surface area contributed by atoms with Crippen molar-refractivity contribution >= 4 is 98.4 Å². The van der Waals surface area contributed by atoms with Crippen molar-refractivity contribution in [2.24, 2.45) is 0 Å². The zero-order valence-electron chi connectivity index (χ0n) is 51.8. The molecular weight excluding hydrogens is 1300 g/mol. The number of methoxy groups -OCH3 is 5. The van der Waals surface area contributed by atoms with Crippen LogP contribution in [0.4, 0.5) is 82.2 Å². The lowest BCUT2D eigenvalue weighted by molar-refractivity contribution is -0.154. The number of rotatable bonds is 21. The fourth-order valence-electron chi connectivity index (χ4n) is 7.65. The summed E-state index contributed by atoms with van der Waals surface area (Å²) in [6.07, 6.45) is 7.62. The predicted octanol–water partition coefficient (Wildman–Crippen LogP) is 12.1. The van der Waals surface area contributed by atoms with Crippen molar-refractivity contribution in [3.05, 3.63) is 218 Å². The van der Waals surface area contributed by atoms with Gasteiger partial charge in [0.1, 0.15) is 81.9 Å². The third-order valence-corrected chi connectivity index (χ3v) is 12.5. The summed E-state index contributed by atoms with van der Waals surface area (Å²) < 4.78 is 66.5. The Kier molecular flexibility index (Phi) is 26.8. The topological polar surface area (TPSA) is 371 Å². The summed E-state index contributed by atoms with van der Waals surface area (Å²) in [7, 11) is 8.04. The van der Waals surface area contributed by atoms with Gasteiger partial charge in [-0.15, -0.1) is 0 Å². The molecule has 0 fully saturated rings. The number of carbonyl (C=O) groups is 3. The fourth-order valence-corrected chi connectivity index (χ4v) is 7.80. The highest BCUT2D eigenvalue weighted by molar-refractivity contribution is 6.28. The Morgan fingerprint density at radius 1 is 0.429 bits per heavy atom. The zero-order valence-corrected chi connectivity index (χ0v) is 52.6. The second-order valence-corrected chi connectivity index (χ2v) is 19.3. The molecule has 29 nitrogen and oxygen atoms in total. The summed E-state index contributed by atoms with van der Waals surface area (Å²) in [5.74, 6) is 3.23. The van der Waals surface area contributed by atoms with Crippen LogP contribution in [0.2, 0.25) is 5.28 Å². The van der Waals surface area contributed by atoms with E-state index in [4.69, 9.17) is 41.0 Å². The molecule has 98 heavy (non-hydrogen) atoms. The number of benzene rings is 5. The lowest BCUT2D eigenvalue weighted by atomic mass is 10.3. The van der Waals surface area contributed by atoms with Crippen molar-refractivity contribution in [3.63, 3.8) is 0 Å². The smallest absolute Gasteiger partial charge is 0.422 e. The monoisotopic (exact) mass is 1360 g/mol. The molecule has 3 amide bonds. The molecule has 504 valence electrons. The van der Waals surface area contributed by atoms with Gasteiger partial charge in [0.2, 0.25) is 23.1 Å². The van der Waals surface area contributed by atoms with E-state index in [9.17, 15) is 27.6 Å². The minimum Gasteiger partial charge on any atom is -0.497 e. The first-order valence-corrected chi connectivity index (χ1v) is 28.6. The molecule has 0 aliphatic heterocycles. The van der Waals surface area contributed by atoms with Gasteiger partial charge in [0.25, 0.3) is 17.7 Å². The summed E-state index contributed by atoms with van der Waals surface area (Å²) in [4.78, 5) is 85.4. The number of hydrogen-bond donors (Lipinski definition) is 8. The van der Waals surface area contributed by atoms with Crippen LogP contribution >= 0.6 is 11.6 Å². The molecule has 6 heterocycles. The third-order valence-electron chi connectivity index (χ3n) is 12.4. The van der Waals surface area contributed by atoms with Crippen LogP contribution in [0.5, 0.6) is 34.6 Å². The highest BCUT2D eigenvalue weighted by atomic mass is 35.5. The molecule has 0 aliphatic carbocycles. The first kappa shape index (κ1) is 72.3. The number of nitrogens with one attached hydrogen (secondary N) is 7. The van der Waals surface area contributed by atoms with E-state index in [0.717, 1.165) is 69.7 Å². The molecule has 9 N–H and O–H groups in total. The van der Waals surface area contributed by atoms with Crippen LogP contribution in [-0.4, -0.2) is 126 Å². The first-order chi connectivity index (χ1) is 47.0. The number of ether oxygens (including phenoxy) is 6. The number of halogens is 4. The Bertz CT molecular complexity index is 4160. The van der Waals surface area contributed by atoms with E-state index in [0.29, 0.717) is 23.0 Å². The zero-order chi connectivity index (χ0) is 68.9. The summed E-state index contributed by atoms with van der Waals surface area (Å²) in [6, 6.07) is 40.8. The number of alkyl halides is 3. The van der Waals surface area contributed by atoms with Gasteiger partial charge in [-0.1, -0.05) is 7.43 Å². The van der Waals surface area contributed by atoms with E-state index < -0.39 is 36.4 Å². The SMILES string of the molecule is C.COc1ccc(N)cc1.COc1ccc(Nc2nccc(C(=O)Nc3cncnc3Nc3ccc(OC)cc3)n2)cc1.COc1ccc(Nc2nccc(C(=O)Nc3cncnc3Nc3ccc(OC)cc3)n2)cc1.O=C(Nc1cncnc1OCC(F)(F)F)c1ccnc(Cl)n1. The van der Waals surface area contributed by atoms with E-state index >= 15 is 0 Å². The molecule has 5 aromatic carbocycles. The minimum atomic E-state index is -4.54. The molecule has 0 aliphatic rings. The van der Waals surface area contributed by atoms with E-state index in [1.807, 2.05) is 109 Å². The minimum absolute atomic E-state index is 0. The van der Waals surface area contributed by atoms with Crippen LogP contribution in [0.25, 0.3) is 0 Å². The maximum Gasteiger partial charge on any atom is 0.422 e. The maximum absolute atomic E-state index is 12.8. The van der Waals surface area contributed by atoms with Gasteiger partial charge < -0.3 is 71.4 Å². The molecule has 6 aromatic heterocycles. The Labute approximate surface area is 563 Å². The quantitative estimate of drug-likeness (QED) is 0.0245. The number of nitrogens with zero attached hydrogens (tertiary/aromatic N) is 12. The number of aromatic nitrogens is 12. The molecular formula is C65H62ClF3N20O9. The van der Waals surface area contributed by atoms with Gasteiger partial charge in [0.15, 0.2) is 18.2 Å². The normalized spacial score (nSPS) is 10.2. The van der Waals surface area contributed by atoms with Crippen molar-refractivity contribution < 1.29 is 56.0 Å². The molecule has 33 heteroatoms. The van der Waals surface area contributed by atoms with Gasteiger partial charge in [0.05, 0.1) is 54.1 Å². The van der Waals surface area contributed by atoms with Gasteiger partial charge in [-0.05, 0) is 151 Å². The van der Waals surface area contributed by atoms with Gasteiger partial charge >= 0.3 is 6.18 Å². The summed E-state index contributed by atoms with van der Waals surface area (Å²) in [6.45, 7) is -1.55. The van der Waals surface area contributed by atoms with E-state index in [-0.39, 0.29) is 47.4 Å². The third kappa shape index (κ3) is 22.9. The number of nitrogen functional groups attached to an aromatic ring is 1. The molecule has 0 bridgehead atoms. The summed E-state index contributed by atoms with van der Waals surface area (Å²) in [5, 5.41) is 20.2. The van der Waals surface area contributed by atoms with Crippen LogP contribution in [0.3, 0.4) is 0 Å². The Balaban J connectivity index is 0.000000196. The Hall–Kier alpha value is -13.1. The van der Waals surface area contributed by atoms with Gasteiger partial charge in [0, 0.05) is 47.0 Å². The highest BCUT2D eigenvalue weighted by Crippen LogP contribution is 2.28. The molecule has 0 unspecified atom stereocenters. The van der Waals surface area contributed by atoms with Gasteiger partial charge in [-0.3, -0.25) is 14.4 Å². The highest BCUT2D eigenvalue weighted by Gasteiger charge is 2.29.